The highest BCUT2D eigenvalue weighted by atomic mass is 16.3. The summed E-state index contributed by atoms with van der Waals surface area (Å²) in [4.78, 5) is 45.7. The van der Waals surface area contributed by atoms with Gasteiger partial charge in [0.1, 0.15) is 24.4 Å². The van der Waals surface area contributed by atoms with Gasteiger partial charge in [0.2, 0.25) is 5.91 Å². The van der Waals surface area contributed by atoms with E-state index in [2.05, 4.69) is 10.6 Å². The maximum Gasteiger partial charge on any atom is 0.253 e. The van der Waals surface area contributed by atoms with Crippen molar-refractivity contribution in [2.75, 3.05) is 20.1 Å². The molecule has 4 unspecified atom stereocenters. The van der Waals surface area contributed by atoms with Crippen LogP contribution in [0.5, 0.6) is 0 Å². The molecule has 1 saturated carbocycles. The van der Waals surface area contributed by atoms with Crippen LogP contribution in [-0.2, 0) is 19.2 Å². The highest BCUT2D eigenvalue weighted by Crippen LogP contribution is 2.19. The number of ketones is 1. The zero-order valence-electron chi connectivity index (χ0n) is 29.6. The maximum atomic E-state index is 11.4. The van der Waals surface area contributed by atoms with Gasteiger partial charge in [-0.05, 0) is 51.9 Å². The van der Waals surface area contributed by atoms with Crippen molar-refractivity contribution in [1.82, 2.24) is 15.5 Å². The molecular weight excluding hydrogens is 634 g/mol. The van der Waals surface area contributed by atoms with Crippen LogP contribution in [-0.4, -0.2) is 124 Å². The van der Waals surface area contributed by atoms with E-state index in [0.717, 1.165) is 58.0 Å². The SMILES string of the molecule is C.C.CCC[C@H](N)C(O)C(=O)N1CCC1.CCC[C@H](N)C(O)C(=O)NC.CCC[C@H](N)C(O)C(=O)NC1CC1.CCC[C@H](N)C(O)C(C)=O. The second-order valence-corrected chi connectivity index (χ2v) is 12.3. The van der Waals surface area contributed by atoms with Crippen LogP contribution in [0.25, 0.3) is 0 Å². The maximum absolute atomic E-state index is 11.4. The number of aliphatic hydroxyl groups excluding tert-OH is 4. The fourth-order valence-corrected chi connectivity index (χ4v) is 4.22. The van der Waals surface area contributed by atoms with E-state index in [1.54, 1.807) is 4.90 Å². The van der Waals surface area contributed by atoms with Crippen LogP contribution in [0.4, 0.5) is 0 Å². The Labute approximate surface area is 296 Å². The van der Waals surface area contributed by atoms with Crippen molar-refractivity contribution in [2.24, 2.45) is 22.9 Å². The number of Topliss-reactive ketones (excluding diaryl/α,β-unsaturated/α-hetero) is 1. The summed E-state index contributed by atoms with van der Waals surface area (Å²) in [6.45, 7) is 10.8. The summed E-state index contributed by atoms with van der Waals surface area (Å²) in [5.74, 6) is -1.18. The largest absolute Gasteiger partial charge is 0.384 e. The van der Waals surface area contributed by atoms with Gasteiger partial charge in [0, 0.05) is 50.3 Å². The zero-order chi connectivity index (χ0) is 36.7. The molecule has 49 heavy (non-hydrogen) atoms. The third-order valence-corrected chi connectivity index (χ3v) is 7.65. The number of amides is 3. The number of carbonyl (C=O) groups excluding carboxylic acids is 4. The van der Waals surface area contributed by atoms with Gasteiger partial charge in [-0.3, -0.25) is 19.2 Å². The quantitative estimate of drug-likeness (QED) is 0.0957. The van der Waals surface area contributed by atoms with Crippen LogP contribution in [0.15, 0.2) is 0 Å². The van der Waals surface area contributed by atoms with E-state index in [4.69, 9.17) is 28.0 Å². The second-order valence-electron chi connectivity index (χ2n) is 12.3. The van der Waals surface area contributed by atoms with E-state index in [1.165, 1.54) is 14.0 Å². The summed E-state index contributed by atoms with van der Waals surface area (Å²) in [5.41, 5.74) is 22.2. The van der Waals surface area contributed by atoms with Gasteiger partial charge in [0.05, 0.1) is 0 Å². The number of aliphatic hydroxyl groups is 4. The minimum atomic E-state index is -1.07. The molecule has 1 heterocycles. The second kappa shape index (κ2) is 30.6. The fourth-order valence-electron chi connectivity index (χ4n) is 4.22. The predicted molar refractivity (Wildman–Crippen MR) is 196 cm³/mol. The third-order valence-electron chi connectivity index (χ3n) is 7.65. The van der Waals surface area contributed by atoms with Gasteiger partial charge in [-0.1, -0.05) is 68.2 Å². The summed E-state index contributed by atoms with van der Waals surface area (Å²) < 4.78 is 0. The normalized spacial score (nSPS) is 17.9. The Balaban J connectivity index is -0.000000274. The highest BCUT2D eigenvalue weighted by Gasteiger charge is 2.30. The summed E-state index contributed by atoms with van der Waals surface area (Å²) >= 11 is 0. The first kappa shape index (κ1) is 53.6. The Bertz CT molecular complexity index is 877. The molecule has 1 aliphatic heterocycles. The molecule has 15 nitrogen and oxygen atoms in total. The fraction of sp³-hybridized carbons (Fsp3) is 0.882. The number of carbonyl (C=O) groups is 4. The number of likely N-dealkylation sites (tertiary alicyclic amines) is 1. The molecule has 15 heteroatoms. The van der Waals surface area contributed by atoms with Crippen LogP contribution in [0.2, 0.25) is 0 Å². The van der Waals surface area contributed by atoms with Crippen molar-refractivity contribution >= 4 is 23.5 Å². The van der Waals surface area contributed by atoms with Crippen LogP contribution in [0, 0.1) is 0 Å². The van der Waals surface area contributed by atoms with Crippen molar-refractivity contribution in [1.29, 1.82) is 0 Å². The van der Waals surface area contributed by atoms with Crippen molar-refractivity contribution in [3.8, 4) is 0 Å². The van der Waals surface area contributed by atoms with Crippen molar-refractivity contribution in [2.45, 2.75) is 175 Å². The number of nitrogens with zero attached hydrogens (tertiary/aromatic N) is 1. The monoisotopic (exact) mass is 710 g/mol. The van der Waals surface area contributed by atoms with Gasteiger partial charge in [0.15, 0.2) is 5.78 Å². The van der Waals surface area contributed by atoms with Gasteiger partial charge in [-0.2, -0.15) is 0 Å². The van der Waals surface area contributed by atoms with E-state index in [9.17, 15) is 34.5 Å². The Hall–Kier alpha value is -2.24. The van der Waals surface area contributed by atoms with E-state index in [-0.39, 0.29) is 44.5 Å². The minimum Gasteiger partial charge on any atom is -0.384 e. The standard InChI is InChI=1S/2C9H18N2O2.C7H16N2O2.C7H15NO2.2CH4/c1-2-4-7(10)8(12)9(13)11-5-3-6-11;1-2-3-7(10)8(12)9(13)11-6-4-5-6;1-3-4-5(8)6(10)7(11)9-2;1-3-4-6(8)7(10)5(2)9;;/h7-8,12H,2-6,10H2,1H3;6-8,12H,2-5,10H2,1H3,(H,11,13);5-6,10H,3-4,8H2,1-2H3,(H,9,11);6-7,10H,3-4,8H2,1-2H3;2*1H4/t2*7-,8?;5-,6?;6-,7?;;/m0000../s1. The summed E-state index contributed by atoms with van der Waals surface area (Å²) in [6.07, 6.45) is 5.29. The van der Waals surface area contributed by atoms with Crippen molar-refractivity contribution < 1.29 is 39.6 Å². The van der Waals surface area contributed by atoms with Gasteiger partial charge in [-0.15, -0.1) is 0 Å². The van der Waals surface area contributed by atoms with Crippen LogP contribution in [0.1, 0.15) is 120 Å². The number of nitrogens with one attached hydrogen (secondary N) is 2. The molecule has 2 aliphatic rings. The molecule has 14 N–H and O–H groups in total. The van der Waals surface area contributed by atoms with Crippen LogP contribution >= 0.6 is 0 Å². The molecule has 3 amide bonds. The van der Waals surface area contributed by atoms with Crippen molar-refractivity contribution in [3.63, 3.8) is 0 Å². The van der Waals surface area contributed by atoms with E-state index in [0.29, 0.717) is 25.7 Å². The van der Waals surface area contributed by atoms with Crippen molar-refractivity contribution in [3.05, 3.63) is 0 Å². The lowest BCUT2D eigenvalue weighted by atomic mass is 10.0. The van der Waals surface area contributed by atoms with Crippen LogP contribution in [0.3, 0.4) is 0 Å². The Morgan fingerprint density at radius 3 is 1.29 bits per heavy atom. The average molecular weight is 710 g/mol. The molecule has 0 bridgehead atoms. The molecule has 2 fully saturated rings. The first-order valence-corrected chi connectivity index (χ1v) is 17.1. The van der Waals surface area contributed by atoms with Crippen LogP contribution < -0.4 is 33.6 Å². The minimum absolute atomic E-state index is 0. The van der Waals surface area contributed by atoms with E-state index >= 15 is 0 Å². The zero-order valence-corrected chi connectivity index (χ0v) is 29.6. The Morgan fingerprint density at radius 2 is 1.00 bits per heavy atom. The lowest BCUT2D eigenvalue weighted by molar-refractivity contribution is -0.145. The number of nitrogens with two attached hydrogens (primary N) is 4. The molecule has 0 spiro atoms. The number of hydrogen-bond acceptors (Lipinski definition) is 12. The number of hydrogen-bond donors (Lipinski definition) is 10. The summed E-state index contributed by atoms with van der Waals surface area (Å²) in [7, 11) is 1.48. The number of rotatable bonds is 17. The molecule has 0 aromatic heterocycles. The molecule has 0 radical (unpaired) electrons. The highest BCUT2D eigenvalue weighted by molar-refractivity contribution is 5.82. The van der Waals surface area contributed by atoms with E-state index < -0.39 is 48.4 Å². The topological polar surface area (TPSA) is 281 Å². The number of likely N-dealkylation sites (N-methyl/N-ethyl adjacent to an activating group) is 1. The molecule has 0 aromatic rings. The first-order valence-electron chi connectivity index (χ1n) is 17.1. The van der Waals surface area contributed by atoms with E-state index in [1.807, 2.05) is 27.7 Å². The lowest BCUT2D eigenvalue weighted by Gasteiger charge is -2.33. The smallest absolute Gasteiger partial charge is 0.253 e. The Kier molecular flexibility index (Phi) is 33.4. The average Bonchev–Trinajstić information content (AvgIpc) is 3.83. The lowest BCUT2D eigenvalue weighted by Crippen LogP contribution is -2.52. The van der Waals surface area contributed by atoms with Gasteiger partial charge >= 0.3 is 0 Å². The molecule has 1 aliphatic carbocycles. The molecule has 0 aromatic carbocycles. The summed E-state index contributed by atoms with van der Waals surface area (Å²) in [6, 6.07) is -1.37. The molecule has 2 rings (SSSR count). The Morgan fingerprint density at radius 1 is 0.653 bits per heavy atom. The van der Waals surface area contributed by atoms with Gasteiger partial charge in [0.25, 0.3) is 11.8 Å². The van der Waals surface area contributed by atoms with Gasteiger partial charge < -0.3 is 58.9 Å². The predicted octanol–water partition coefficient (Wildman–Crippen LogP) is 0.0169. The summed E-state index contributed by atoms with van der Waals surface area (Å²) in [5, 5.41) is 42.3. The molecule has 8 atom stereocenters. The third kappa shape index (κ3) is 23.7. The molecular formula is C34H75N7O8. The first-order chi connectivity index (χ1) is 22.0. The van der Waals surface area contributed by atoms with Gasteiger partial charge in [-0.25, -0.2) is 0 Å². The molecule has 1 saturated heterocycles. The molecule has 294 valence electrons.